The summed E-state index contributed by atoms with van der Waals surface area (Å²) in [5.41, 5.74) is 3.34. The summed E-state index contributed by atoms with van der Waals surface area (Å²) in [5.74, 6) is 2.50. The molecule has 0 aromatic heterocycles. The van der Waals surface area contributed by atoms with Crippen molar-refractivity contribution in [2.45, 2.75) is 20.8 Å². The highest BCUT2D eigenvalue weighted by atomic mass is 15.5. The number of nitrogens with zero attached hydrogens (tertiary/aromatic N) is 1. The first kappa shape index (κ1) is 9.01. The Bertz CT molecular complexity index is 123. The van der Waals surface area contributed by atoms with Gasteiger partial charge in [-0.25, -0.2) is 5.01 Å². The van der Waals surface area contributed by atoms with Crippen molar-refractivity contribution in [3.63, 3.8) is 0 Å². The van der Waals surface area contributed by atoms with Crippen LogP contribution >= 0.6 is 0 Å². The maximum absolute atomic E-state index is 3.34. The highest BCUT2D eigenvalue weighted by Gasteiger charge is 2.25. The monoisotopic (exact) mass is 156 g/mol. The Morgan fingerprint density at radius 3 is 2.36 bits per heavy atom. The van der Waals surface area contributed by atoms with E-state index in [0.717, 1.165) is 24.3 Å². The lowest BCUT2D eigenvalue weighted by atomic mass is 9.85. The summed E-state index contributed by atoms with van der Waals surface area (Å²) in [7, 11) is 2.12. The van der Waals surface area contributed by atoms with Crippen molar-refractivity contribution in [2.24, 2.45) is 17.8 Å². The lowest BCUT2D eigenvalue weighted by Gasteiger charge is -2.21. The molecule has 0 spiro atoms. The van der Waals surface area contributed by atoms with Gasteiger partial charge in [-0.3, -0.25) is 5.43 Å². The highest BCUT2D eigenvalue weighted by molar-refractivity contribution is 4.77. The lowest BCUT2D eigenvalue weighted by molar-refractivity contribution is 0.269. The van der Waals surface area contributed by atoms with E-state index in [2.05, 4.69) is 38.3 Å². The number of rotatable bonds is 2. The van der Waals surface area contributed by atoms with Crippen molar-refractivity contribution in [1.29, 1.82) is 0 Å². The van der Waals surface area contributed by atoms with Crippen molar-refractivity contribution in [1.82, 2.24) is 10.4 Å². The predicted molar refractivity (Wildman–Crippen MR) is 48.1 cm³/mol. The molecule has 1 fully saturated rings. The SMILES string of the molecule is CC(C)C(C)C1CNN(C)C1. The topological polar surface area (TPSA) is 15.3 Å². The third-order valence-electron chi connectivity index (χ3n) is 2.93. The number of hydrogen-bond acceptors (Lipinski definition) is 2. The summed E-state index contributed by atoms with van der Waals surface area (Å²) in [5, 5.41) is 2.20. The molecule has 1 N–H and O–H groups in total. The van der Waals surface area contributed by atoms with Crippen LogP contribution in [0.3, 0.4) is 0 Å². The van der Waals surface area contributed by atoms with Crippen LogP contribution in [-0.4, -0.2) is 25.1 Å². The maximum atomic E-state index is 3.34. The van der Waals surface area contributed by atoms with Crippen LogP contribution in [0.1, 0.15) is 20.8 Å². The minimum Gasteiger partial charge on any atom is -0.255 e. The second-order valence-corrected chi connectivity index (χ2v) is 4.11. The molecule has 0 bridgehead atoms. The molecular weight excluding hydrogens is 136 g/mol. The fraction of sp³-hybridized carbons (Fsp3) is 1.00. The van der Waals surface area contributed by atoms with Crippen molar-refractivity contribution in [3.05, 3.63) is 0 Å². The first-order valence-corrected chi connectivity index (χ1v) is 4.56. The second-order valence-electron chi connectivity index (χ2n) is 4.11. The number of hydrazine groups is 1. The van der Waals surface area contributed by atoms with Gasteiger partial charge in [0.1, 0.15) is 0 Å². The van der Waals surface area contributed by atoms with Gasteiger partial charge in [0.05, 0.1) is 0 Å². The molecule has 2 heteroatoms. The Morgan fingerprint density at radius 2 is 2.00 bits per heavy atom. The van der Waals surface area contributed by atoms with Crippen LogP contribution in [0.15, 0.2) is 0 Å². The van der Waals surface area contributed by atoms with E-state index in [0.29, 0.717) is 0 Å². The molecule has 0 aromatic carbocycles. The molecule has 0 amide bonds. The molecule has 2 atom stereocenters. The molecule has 1 rings (SSSR count). The molecule has 1 heterocycles. The van der Waals surface area contributed by atoms with Gasteiger partial charge in [0, 0.05) is 20.1 Å². The third-order valence-corrected chi connectivity index (χ3v) is 2.93. The molecule has 66 valence electrons. The molecule has 0 saturated carbocycles. The summed E-state index contributed by atoms with van der Waals surface area (Å²) in [6.07, 6.45) is 0. The largest absolute Gasteiger partial charge is 0.255 e. The Hall–Kier alpha value is -0.0800. The lowest BCUT2D eigenvalue weighted by Crippen LogP contribution is -2.25. The van der Waals surface area contributed by atoms with E-state index in [4.69, 9.17) is 0 Å². The molecule has 1 aliphatic heterocycles. The maximum Gasteiger partial charge on any atom is 0.0171 e. The summed E-state index contributed by atoms with van der Waals surface area (Å²) in [6, 6.07) is 0. The molecule has 1 saturated heterocycles. The van der Waals surface area contributed by atoms with Crippen LogP contribution in [0, 0.1) is 17.8 Å². The van der Waals surface area contributed by atoms with E-state index in [1.165, 1.54) is 6.54 Å². The van der Waals surface area contributed by atoms with E-state index in [1.54, 1.807) is 0 Å². The van der Waals surface area contributed by atoms with Crippen molar-refractivity contribution >= 4 is 0 Å². The molecule has 11 heavy (non-hydrogen) atoms. The van der Waals surface area contributed by atoms with Crippen molar-refractivity contribution in [2.75, 3.05) is 20.1 Å². The fourth-order valence-electron chi connectivity index (χ4n) is 1.65. The Kier molecular flexibility index (Phi) is 2.90. The highest BCUT2D eigenvalue weighted by Crippen LogP contribution is 2.22. The summed E-state index contributed by atoms with van der Waals surface area (Å²) < 4.78 is 0. The van der Waals surface area contributed by atoms with Crippen LogP contribution in [0.25, 0.3) is 0 Å². The smallest absolute Gasteiger partial charge is 0.0171 e. The normalized spacial score (nSPS) is 29.7. The van der Waals surface area contributed by atoms with Gasteiger partial charge in [0.25, 0.3) is 0 Å². The quantitative estimate of drug-likeness (QED) is 0.649. The first-order chi connectivity index (χ1) is 5.11. The standard InChI is InChI=1S/C9H20N2/c1-7(2)8(3)9-5-10-11(4)6-9/h7-10H,5-6H2,1-4H3. The molecular formula is C9H20N2. The summed E-state index contributed by atoms with van der Waals surface area (Å²) in [6.45, 7) is 9.34. The van der Waals surface area contributed by atoms with E-state index >= 15 is 0 Å². The Balaban J connectivity index is 2.36. The van der Waals surface area contributed by atoms with Gasteiger partial charge < -0.3 is 0 Å². The van der Waals surface area contributed by atoms with Gasteiger partial charge in [0.15, 0.2) is 0 Å². The number of nitrogens with one attached hydrogen (secondary N) is 1. The van der Waals surface area contributed by atoms with Gasteiger partial charge in [-0.1, -0.05) is 20.8 Å². The zero-order valence-electron chi connectivity index (χ0n) is 8.09. The van der Waals surface area contributed by atoms with Crippen molar-refractivity contribution in [3.8, 4) is 0 Å². The van der Waals surface area contributed by atoms with Crippen LogP contribution in [0.5, 0.6) is 0 Å². The molecule has 0 aliphatic carbocycles. The molecule has 1 aliphatic rings. The molecule has 0 aromatic rings. The average Bonchev–Trinajstić information content (AvgIpc) is 2.34. The van der Waals surface area contributed by atoms with Gasteiger partial charge >= 0.3 is 0 Å². The van der Waals surface area contributed by atoms with Crippen LogP contribution < -0.4 is 5.43 Å². The van der Waals surface area contributed by atoms with Gasteiger partial charge in [-0.2, -0.15) is 0 Å². The zero-order chi connectivity index (χ0) is 8.43. The molecule has 0 radical (unpaired) electrons. The van der Waals surface area contributed by atoms with Crippen molar-refractivity contribution < 1.29 is 0 Å². The van der Waals surface area contributed by atoms with Gasteiger partial charge in [-0.05, 0) is 17.8 Å². The van der Waals surface area contributed by atoms with Crippen LogP contribution in [-0.2, 0) is 0 Å². The fourth-order valence-corrected chi connectivity index (χ4v) is 1.65. The first-order valence-electron chi connectivity index (χ1n) is 4.56. The Labute approximate surface area is 69.9 Å². The van der Waals surface area contributed by atoms with E-state index in [1.807, 2.05) is 0 Å². The van der Waals surface area contributed by atoms with E-state index in [9.17, 15) is 0 Å². The van der Waals surface area contributed by atoms with E-state index in [-0.39, 0.29) is 0 Å². The summed E-state index contributed by atoms with van der Waals surface area (Å²) >= 11 is 0. The Morgan fingerprint density at radius 1 is 1.36 bits per heavy atom. The predicted octanol–water partition coefficient (Wildman–Crippen LogP) is 1.34. The molecule has 2 unspecified atom stereocenters. The third kappa shape index (κ3) is 2.17. The second kappa shape index (κ2) is 3.55. The zero-order valence-corrected chi connectivity index (χ0v) is 8.09. The minimum atomic E-state index is 0.813. The van der Waals surface area contributed by atoms with Gasteiger partial charge in [-0.15, -0.1) is 0 Å². The van der Waals surface area contributed by atoms with Gasteiger partial charge in [0.2, 0.25) is 0 Å². The molecule has 2 nitrogen and oxygen atoms in total. The average molecular weight is 156 g/mol. The van der Waals surface area contributed by atoms with Crippen LogP contribution in [0.4, 0.5) is 0 Å². The van der Waals surface area contributed by atoms with E-state index < -0.39 is 0 Å². The summed E-state index contributed by atoms with van der Waals surface area (Å²) in [4.78, 5) is 0. The minimum absolute atomic E-state index is 0.813. The van der Waals surface area contributed by atoms with Crippen LogP contribution in [0.2, 0.25) is 0 Å². The number of hydrogen-bond donors (Lipinski definition) is 1.